The smallest absolute Gasteiger partial charge is 0.493 e. The highest BCUT2D eigenvalue weighted by Crippen LogP contribution is 2.51. The van der Waals surface area contributed by atoms with Crippen molar-refractivity contribution in [1.82, 2.24) is 0 Å². The predicted molar refractivity (Wildman–Crippen MR) is 218 cm³/mol. The van der Waals surface area contributed by atoms with Crippen molar-refractivity contribution in [2.75, 3.05) is 34.7 Å². The van der Waals surface area contributed by atoms with Crippen molar-refractivity contribution in [2.45, 2.75) is 18.4 Å². The monoisotopic (exact) mass is 848 g/mol. The Morgan fingerprint density at radius 3 is 1.17 bits per heavy atom. The van der Waals surface area contributed by atoms with Crippen molar-refractivity contribution < 1.29 is 65.3 Å². The van der Waals surface area contributed by atoms with Gasteiger partial charge in [0.1, 0.15) is 30.9 Å². The highest BCUT2D eigenvalue weighted by atomic mass is 32.2. The molecule has 0 fully saturated rings. The van der Waals surface area contributed by atoms with Gasteiger partial charge < -0.3 is 41.6 Å². The second kappa shape index (κ2) is 21.1. The standard InChI is InChI=1S/C41H38O14P2S/c1-26-15-32(58-6)20-31(25-50-56(51-33-11-7-27(21-42)16-37(33)46-2)52-34-12-8-28(22-43)17-38(34)47-3)41(26)55-57(53-35-13-9-29(23-44)18-39(35)48-4)54-36-14-10-30(24-45)19-40(36)49-5/h7-24H,25H2,1-6H3. The van der Waals surface area contributed by atoms with Crippen LogP contribution in [0.25, 0.3) is 0 Å². The summed E-state index contributed by atoms with van der Waals surface area (Å²) in [5, 5.41) is 0. The van der Waals surface area contributed by atoms with E-state index < -0.39 is 17.2 Å². The molecule has 5 aromatic rings. The molecule has 0 N–H and O–H groups in total. The van der Waals surface area contributed by atoms with E-state index in [1.165, 1.54) is 64.5 Å². The SMILES string of the molecule is COc1cc(C=O)ccc1OP(OCc1cc(SC)cc(C)c1OP(Oc1ccc(C=O)cc1OC)Oc1ccc(C=O)cc1OC)Oc1ccc(C=O)cc1OC. The number of carbonyl (C=O) groups is 4. The Balaban J connectivity index is 1.54. The summed E-state index contributed by atoms with van der Waals surface area (Å²) in [6, 6.07) is 22.3. The zero-order valence-electron chi connectivity index (χ0n) is 32.1. The second-order valence-corrected chi connectivity index (χ2v) is 14.7. The minimum Gasteiger partial charge on any atom is -0.493 e. The summed E-state index contributed by atoms with van der Waals surface area (Å²) >= 11 is 1.50. The highest BCUT2D eigenvalue weighted by Gasteiger charge is 2.28. The van der Waals surface area contributed by atoms with E-state index in [1.807, 2.05) is 25.3 Å². The summed E-state index contributed by atoms with van der Waals surface area (Å²) in [7, 11) is 1.04. The molecule has 0 radical (unpaired) electrons. The van der Waals surface area contributed by atoms with Crippen LogP contribution in [0.1, 0.15) is 52.6 Å². The number of carbonyl (C=O) groups excluding carboxylic acids is 4. The van der Waals surface area contributed by atoms with Crippen molar-refractivity contribution in [3.63, 3.8) is 0 Å². The van der Waals surface area contributed by atoms with E-state index in [4.69, 9.17) is 46.1 Å². The first-order chi connectivity index (χ1) is 28.2. The van der Waals surface area contributed by atoms with E-state index in [2.05, 4.69) is 0 Å². The molecular formula is C41H38O14P2S. The Labute approximate surface area is 341 Å². The number of ether oxygens (including phenoxy) is 4. The average molecular weight is 849 g/mol. The van der Waals surface area contributed by atoms with Gasteiger partial charge in [-0.3, -0.25) is 23.7 Å². The summed E-state index contributed by atoms with van der Waals surface area (Å²) in [6.45, 7) is 1.71. The first-order valence-electron chi connectivity index (χ1n) is 17.0. The maximum absolute atomic E-state index is 11.5. The van der Waals surface area contributed by atoms with E-state index in [0.717, 1.165) is 4.90 Å². The predicted octanol–water partition coefficient (Wildman–Crippen LogP) is 9.67. The molecule has 0 aliphatic heterocycles. The highest BCUT2D eigenvalue weighted by molar-refractivity contribution is 7.98. The number of rotatable bonds is 22. The lowest BCUT2D eigenvalue weighted by molar-refractivity contribution is 0.111. The van der Waals surface area contributed by atoms with Crippen LogP contribution in [0.4, 0.5) is 0 Å². The lowest BCUT2D eigenvalue weighted by Gasteiger charge is -2.24. The molecule has 58 heavy (non-hydrogen) atoms. The molecule has 0 saturated heterocycles. The molecule has 0 amide bonds. The van der Waals surface area contributed by atoms with E-state index in [-0.39, 0.29) is 52.6 Å². The van der Waals surface area contributed by atoms with E-state index in [0.29, 0.717) is 64.3 Å². The third-order valence-electron chi connectivity index (χ3n) is 8.04. The Bertz CT molecular complexity index is 2130. The molecule has 17 heteroatoms. The summed E-state index contributed by atoms with van der Waals surface area (Å²) in [5.41, 5.74) is 2.69. The van der Waals surface area contributed by atoms with Gasteiger partial charge in [-0.05, 0) is 104 Å². The molecule has 0 aliphatic carbocycles. The molecule has 302 valence electrons. The van der Waals surface area contributed by atoms with Crippen molar-refractivity contribution in [2.24, 2.45) is 0 Å². The minimum absolute atomic E-state index is 0.141. The second-order valence-electron chi connectivity index (χ2n) is 11.7. The van der Waals surface area contributed by atoms with E-state index in [9.17, 15) is 19.2 Å². The number of benzene rings is 5. The van der Waals surface area contributed by atoms with Gasteiger partial charge in [0.2, 0.25) is 0 Å². The molecule has 0 saturated carbocycles. The van der Waals surface area contributed by atoms with Gasteiger partial charge in [0.25, 0.3) is 0 Å². The van der Waals surface area contributed by atoms with Gasteiger partial charge in [0.15, 0.2) is 46.0 Å². The maximum Gasteiger partial charge on any atom is 0.530 e. The molecular weight excluding hydrogens is 810 g/mol. The van der Waals surface area contributed by atoms with Crippen molar-refractivity contribution in [3.05, 3.63) is 118 Å². The van der Waals surface area contributed by atoms with E-state index in [1.54, 1.807) is 48.5 Å². The van der Waals surface area contributed by atoms with Crippen LogP contribution in [-0.4, -0.2) is 59.8 Å². The van der Waals surface area contributed by atoms with Crippen LogP contribution in [0.5, 0.6) is 51.7 Å². The normalized spacial score (nSPS) is 10.7. The van der Waals surface area contributed by atoms with Crippen LogP contribution in [0, 0.1) is 6.92 Å². The lowest BCUT2D eigenvalue weighted by Crippen LogP contribution is -2.08. The van der Waals surface area contributed by atoms with Crippen LogP contribution >= 0.6 is 29.0 Å². The van der Waals surface area contributed by atoms with Gasteiger partial charge in [-0.25, -0.2) is 0 Å². The molecule has 0 bridgehead atoms. The molecule has 0 heterocycles. The Morgan fingerprint density at radius 2 is 0.845 bits per heavy atom. The van der Waals surface area contributed by atoms with Crippen LogP contribution in [0.15, 0.2) is 89.8 Å². The first-order valence-corrected chi connectivity index (χ1v) is 20.4. The fourth-order valence-corrected chi connectivity index (χ4v) is 7.85. The summed E-state index contributed by atoms with van der Waals surface area (Å²) in [6.07, 6.45) is 4.64. The zero-order chi connectivity index (χ0) is 41.6. The molecule has 5 rings (SSSR count). The Morgan fingerprint density at radius 1 is 0.483 bits per heavy atom. The largest absolute Gasteiger partial charge is 0.530 e. The zero-order valence-corrected chi connectivity index (χ0v) is 34.7. The first kappa shape index (κ1) is 43.3. The fraction of sp³-hybridized carbons (Fsp3) is 0.171. The van der Waals surface area contributed by atoms with E-state index >= 15 is 0 Å². The van der Waals surface area contributed by atoms with Crippen molar-refractivity contribution >= 4 is 54.1 Å². The molecule has 0 aliphatic rings. The van der Waals surface area contributed by atoms with Gasteiger partial charge in [0, 0.05) is 32.7 Å². The summed E-state index contributed by atoms with van der Waals surface area (Å²) in [4.78, 5) is 46.9. The Hall–Kier alpha value is -5.85. The van der Waals surface area contributed by atoms with Crippen molar-refractivity contribution in [3.8, 4) is 51.7 Å². The number of aryl methyl sites for hydroxylation is 1. The minimum atomic E-state index is -2.38. The van der Waals surface area contributed by atoms with Gasteiger partial charge in [0.05, 0.1) is 35.0 Å². The van der Waals surface area contributed by atoms with Gasteiger partial charge in [-0.1, -0.05) is 0 Å². The van der Waals surface area contributed by atoms with Crippen LogP contribution < -0.4 is 41.6 Å². The number of methoxy groups -OCH3 is 4. The molecule has 14 nitrogen and oxygen atoms in total. The lowest BCUT2D eigenvalue weighted by atomic mass is 10.1. The maximum atomic E-state index is 11.5. The topological polar surface area (TPSA) is 161 Å². The molecule has 0 unspecified atom stereocenters. The summed E-state index contributed by atoms with van der Waals surface area (Å²) < 4.78 is 60.2. The Kier molecular flexibility index (Phi) is 15.7. The van der Waals surface area contributed by atoms with Crippen molar-refractivity contribution in [1.29, 1.82) is 0 Å². The quantitative estimate of drug-likeness (QED) is 0.0367. The number of thioether (sulfide) groups is 1. The number of hydrogen-bond acceptors (Lipinski definition) is 15. The van der Waals surface area contributed by atoms with Crippen LogP contribution in [0.2, 0.25) is 0 Å². The van der Waals surface area contributed by atoms with Crippen LogP contribution in [-0.2, 0) is 11.1 Å². The third-order valence-corrected chi connectivity index (χ3v) is 10.8. The summed E-state index contributed by atoms with van der Waals surface area (Å²) in [5.74, 6) is 2.23. The van der Waals surface area contributed by atoms with Crippen LogP contribution in [0.3, 0.4) is 0 Å². The van der Waals surface area contributed by atoms with Gasteiger partial charge in [-0.15, -0.1) is 11.8 Å². The number of aldehydes is 4. The third kappa shape index (κ3) is 11.0. The molecule has 0 atom stereocenters. The molecule has 5 aromatic carbocycles. The van der Waals surface area contributed by atoms with Gasteiger partial charge in [-0.2, -0.15) is 0 Å². The average Bonchev–Trinajstić information content (AvgIpc) is 3.26. The fourth-order valence-electron chi connectivity index (χ4n) is 5.14. The number of hydrogen-bond donors (Lipinski definition) is 0. The van der Waals surface area contributed by atoms with Gasteiger partial charge >= 0.3 is 17.2 Å². The molecule has 0 aromatic heterocycles. The molecule has 0 spiro atoms.